The summed E-state index contributed by atoms with van der Waals surface area (Å²) in [6, 6.07) is 11.5. The predicted molar refractivity (Wildman–Crippen MR) is 111 cm³/mol. The quantitative estimate of drug-likeness (QED) is 0.500. The number of amides is 1. The van der Waals surface area contributed by atoms with Crippen LogP contribution in [0.25, 0.3) is 22.1 Å². The molecule has 1 amide bonds. The number of aromatic amines is 1. The van der Waals surface area contributed by atoms with Crippen molar-refractivity contribution in [1.82, 2.24) is 20.2 Å². The number of para-hydroxylation sites is 2. The van der Waals surface area contributed by atoms with Crippen molar-refractivity contribution in [1.29, 1.82) is 0 Å². The third-order valence-corrected chi connectivity index (χ3v) is 5.20. The lowest BCUT2D eigenvalue weighted by Crippen LogP contribution is -2.15. The van der Waals surface area contributed by atoms with Crippen molar-refractivity contribution < 1.29 is 9.53 Å². The second kappa shape index (κ2) is 7.47. The molecule has 0 aliphatic carbocycles. The average Bonchev–Trinajstić information content (AvgIpc) is 3.05. The van der Waals surface area contributed by atoms with Crippen LogP contribution in [0.5, 0.6) is 5.75 Å². The number of fused-ring (bicyclic) bond motifs is 3. The summed E-state index contributed by atoms with van der Waals surface area (Å²) in [7, 11) is 1.57. The zero-order valence-electron chi connectivity index (χ0n) is 15.7. The molecule has 2 aromatic heterocycles. The maximum absolute atomic E-state index is 12.3. The summed E-state index contributed by atoms with van der Waals surface area (Å²) in [6.45, 7) is 4.10. The highest BCUT2D eigenvalue weighted by Crippen LogP contribution is 2.27. The molecule has 28 heavy (non-hydrogen) atoms. The number of benzene rings is 2. The van der Waals surface area contributed by atoms with Crippen molar-refractivity contribution in [2.75, 3.05) is 18.2 Å². The second-order valence-corrected chi connectivity index (χ2v) is 7.40. The van der Waals surface area contributed by atoms with Crippen LogP contribution in [0.3, 0.4) is 0 Å². The van der Waals surface area contributed by atoms with Crippen LogP contribution in [0.2, 0.25) is 0 Å². The zero-order valence-corrected chi connectivity index (χ0v) is 16.6. The van der Waals surface area contributed by atoms with Gasteiger partial charge < -0.3 is 15.0 Å². The first kappa shape index (κ1) is 18.2. The number of methoxy groups -OCH3 is 1. The van der Waals surface area contributed by atoms with Crippen molar-refractivity contribution in [3.63, 3.8) is 0 Å². The standard InChI is InChI=1S/C20H19N5O2S/c1-11-8-12(2)17-13(9-11)18-19(22-17)23-20(25-24-18)28-10-16(26)21-14-6-4-5-7-15(14)27-3/h4-9H,10H2,1-3H3,(H,21,26)(H,22,23,25). The van der Waals surface area contributed by atoms with Gasteiger partial charge in [-0.3, -0.25) is 4.79 Å². The summed E-state index contributed by atoms with van der Waals surface area (Å²) in [6.07, 6.45) is 0. The Morgan fingerprint density at radius 1 is 1.21 bits per heavy atom. The lowest BCUT2D eigenvalue weighted by Gasteiger charge is -2.09. The monoisotopic (exact) mass is 393 g/mol. The molecule has 2 heterocycles. The number of anilines is 1. The molecule has 4 rings (SSSR count). The largest absolute Gasteiger partial charge is 0.495 e. The number of nitrogens with zero attached hydrogens (tertiary/aromatic N) is 3. The van der Waals surface area contributed by atoms with E-state index in [0.29, 0.717) is 22.2 Å². The molecule has 0 aliphatic rings. The molecule has 0 aliphatic heterocycles. The molecule has 2 aromatic carbocycles. The number of aromatic nitrogens is 4. The predicted octanol–water partition coefficient (Wildman–Crippen LogP) is 3.86. The van der Waals surface area contributed by atoms with Gasteiger partial charge in [-0.15, -0.1) is 10.2 Å². The van der Waals surface area contributed by atoms with E-state index in [1.807, 2.05) is 12.1 Å². The van der Waals surface area contributed by atoms with E-state index in [9.17, 15) is 4.79 Å². The van der Waals surface area contributed by atoms with Gasteiger partial charge in [-0.2, -0.15) is 0 Å². The summed E-state index contributed by atoms with van der Waals surface area (Å²) in [5.41, 5.74) is 5.36. The fourth-order valence-corrected chi connectivity index (χ4v) is 3.73. The van der Waals surface area contributed by atoms with Crippen LogP contribution in [-0.4, -0.2) is 38.9 Å². The van der Waals surface area contributed by atoms with Gasteiger partial charge in [0.1, 0.15) is 11.3 Å². The van der Waals surface area contributed by atoms with Gasteiger partial charge in [-0.25, -0.2) is 4.98 Å². The zero-order chi connectivity index (χ0) is 19.7. The van der Waals surface area contributed by atoms with E-state index in [2.05, 4.69) is 51.5 Å². The molecular weight excluding hydrogens is 374 g/mol. The van der Waals surface area contributed by atoms with Crippen LogP contribution >= 0.6 is 11.8 Å². The van der Waals surface area contributed by atoms with Crippen molar-refractivity contribution in [2.24, 2.45) is 0 Å². The molecule has 7 nitrogen and oxygen atoms in total. The molecule has 0 saturated heterocycles. The van der Waals surface area contributed by atoms with Gasteiger partial charge in [-0.05, 0) is 37.6 Å². The van der Waals surface area contributed by atoms with Gasteiger partial charge in [0.25, 0.3) is 0 Å². The second-order valence-electron chi connectivity index (χ2n) is 6.46. The minimum absolute atomic E-state index is 0.165. The molecule has 0 saturated carbocycles. The molecule has 2 N–H and O–H groups in total. The maximum atomic E-state index is 12.3. The van der Waals surface area contributed by atoms with Crippen molar-refractivity contribution >= 4 is 45.4 Å². The van der Waals surface area contributed by atoms with Crippen molar-refractivity contribution in [3.05, 3.63) is 47.5 Å². The Morgan fingerprint density at radius 3 is 2.86 bits per heavy atom. The molecular formula is C20H19N5O2S. The topological polar surface area (TPSA) is 92.8 Å². The molecule has 0 bridgehead atoms. The number of hydrogen-bond donors (Lipinski definition) is 2. The third kappa shape index (κ3) is 3.50. The van der Waals surface area contributed by atoms with Gasteiger partial charge in [0.2, 0.25) is 11.1 Å². The number of rotatable bonds is 5. The van der Waals surface area contributed by atoms with Crippen molar-refractivity contribution in [2.45, 2.75) is 19.0 Å². The van der Waals surface area contributed by atoms with Gasteiger partial charge in [-0.1, -0.05) is 35.5 Å². The Hall–Kier alpha value is -3.13. The van der Waals surface area contributed by atoms with E-state index in [4.69, 9.17) is 4.74 Å². The number of nitrogens with one attached hydrogen (secondary N) is 2. The Morgan fingerprint density at radius 2 is 2.04 bits per heavy atom. The van der Waals surface area contributed by atoms with Gasteiger partial charge in [0.05, 0.1) is 24.1 Å². The smallest absolute Gasteiger partial charge is 0.234 e. The summed E-state index contributed by atoms with van der Waals surface area (Å²) >= 11 is 1.24. The SMILES string of the molecule is COc1ccccc1NC(=O)CSc1nnc2c(n1)[nH]c1c(C)cc(C)cc12. The van der Waals surface area contributed by atoms with Crippen molar-refractivity contribution in [3.8, 4) is 5.75 Å². The van der Waals surface area contributed by atoms with E-state index >= 15 is 0 Å². The van der Waals surface area contributed by atoms with E-state index < -0.39 is 0 Å². The highest BCUT2D eigenvalue weighted by Gasteiger charge is 2.13. The number of carbonyl (C=O) groups is 1. The molecule has 0 spiro atoms. The van der Waals surface area contributed by atoms with Crippen LogP contribution in [0.4, 0.5) is 5.69 Å². The Bertz CT molecular complexity index is 1190. The first-order valence-corrected chi connectivity index (χ1v) is 9.72. The summed E-state index contributed by atoms with van der Waals surface area (Å²) in [5, 5.41) is 12.8. The fraction of sp³-hybridized carbons (Fsp3) is 0.200. The van der Waals surface area contributed by atoms with Crippen LogP contribution in [0.15, 0.2) is 41.6 Å². The number of ether oxygens (including phenoxy) is 1. The molecule has 8 heteroatoms. The molecule has 142 valence electrons. The number of H-pyrrole nitrogens is 1. The van der Waals surface area contributed by atoms with E-state index in [0.717, 1.165) is 22.0 Å². The molecule has 0 atom stereocenters. The Kier molecular flexibility index (Phi) is 4.87. The van der Waals surface area contributed by atoms with Crippen LogP contribution < -0.4 is 10.1 Å². The summed E-state index contributed by atoms with van der Waals surface area (Å²) in [4.78, 5) is 20.1. The highest BCUT2D eigenvalue weighted by molar-refractivity contribution is 7.99. The number of thioether (sulfide) groups is 1. The summed E-state index contributed by atoms with van der Waals surface area (Å²) in [5.74, 6) is 0.620. The number of hydrogen-bond acceptors (Lipinski definition) is 6. The minimum Gasteiger partial charge on any atom is -0.495 e. The van der Waals surface area contributed by atoms with Crippen LogP contribution in [0, 0.1) is 13.8 Å². The number of aryl methyl sites for hydroxylation is 2. The lowest BCUT2D eigenvalue weighted by atomic mass is 10.1. The molecule has 0 fully saturated rings. The third-order valence-electron chi connectivity index (χ3n) is 4.36. The van der Waals surface area contributed by atoms with Gasteiger partial charge in [0, 0.05) is 5.39 Å². The molecule has 0 unspecified atom stereocenters. The first-order valence-electron chi connectivity index (χ1n) is 8.74. The normalized spacial score (nSPS) is 11.1. The van der Waals surface area contributed by atoms with E-state index in [1.54, 1.807) is 19.2 Å². The first-order chi connectivity index (χ1) is 13.5. The Balaban J connectivity index is 1.51. The molecule has 4 aromatic rings. The molecule has 0 radical (unpaired) electrons. The van der Waals surface area contributed by atoms with Gasteiger partial charge >= 0.3 is 0 Å². The highest BCUT2D eigenvalue weighted by atomic mass is 32.2. The summed E-state index contributed by atoms with van der Waals surface area (Å²) < 4.78 is 5.24. The van der Waals surface area contributed by atoms with E-state index in [-0.39, 0.29) is 11.7 Å². The van der Waals surface area contributed by atoms with Crippen LogP contribution in [-0.2, 0) is 4.79 Å². The average molecular weight is 393 g/mol. The van der Waals surface area contributed by atoms with E-state index in [1.165, 1.54) is 17.3 Å². The lowest BCUT2D eigenvalue weighted by molar-refractivity contribution is -0.113. The van der Waals surface area contributed by atoms with Gasteiger partial charge in [0.15, 0.2) is 5.65 Å². The number of carbonyl (C=O) groups excluding carboxylic acids is 1. The maximum Gasteiger partial charge on any atom is 0.234 e. The fourth-order valence-electron chi connectivity index (χ4n) is 3.14. The minimum atomic E-state index is -0.165. The van der Waals surface area contributed by atoms with Crippen LogP contribution in [0.1, 0.15) is 11.1 Å². The Labute approximate surface area is 165 Å².